The number of nitrogens with two attached hydrogens (primary N) is 1. The Morgan fingerprint density at radius 2 is 2.28 bits per heavy atom. The number of rotatable bonds is 6. The van der Waals surface area contributed by atoms with E-state index in [1.165, 1.54) is 0 Å². The Kier molecular flexibility index (Phi) is 4.30. The molecule has 0 unspecified atom stereocenters. The molecule has 0 amide bonds. The molecule has 1 aromatic carbocycles. The quantitative estimate of drug-likeness (QED) is 0.842. The van der Waals surface area contributed by atoms with Gasteiger partial charge in [0.25, 0.3) is 0 Å². The van der Waals surface area contributed by atoms with Crippen LogP contribution in [0.1, 0.15) is 13.3 Å². The highest BCUT2D eigenvalue weighted by Gasteiger charge is 2.04. The van der Waals surface area contributed by atoms with Gasteiger partial charge in [-0.25, -0.2) is 0 Å². The predicted molar refractivity (Wildman–Crippen MR) is 70.3 cm³/mol. The first kappa shape index (κ1) is 12.6. The first-order valence-corrected chi connectivity index (χ1v) is 6.17. The van der Waals surface area contributed by atoms with Crippen LogP contribution in [0.5, 0.6) is 5.75 Å². The zero-order valence-corrected chi connectivity index (χ0v) is 10.5. The lowest BCUT2D eigenvalue weighted by Gasteiger charge is -2.05. The van der Waals surface area contributed by atoms with Gasteiger partial charge in [0.05, 0.1) is 19.3 Å². The van der Waals surface area contributed by atoms with Gasteiger partial charge < -0.3 is 10.5 Å². The maximum atomic E-state index is 5.60. The van der Waals surface area contributed by atoms with Crippen LogP contribution in [0.15, 0.2) is 30.5 Å². The van der Waals surface area contributed by atoms with Gasteiger partial charge in [0, 0.05) is 12.1 Å². The Morgan fingerprint density at radius 1 is 1.39 bits per heavy atom. The van der Waals surface area contributed by atoms with Crippen molar-refractivity contribution < 1.29 is 4.74 Å². The van der Waals surface area contributed by atoms with Crippen molar-refractivity contribution in [2.75, 3.05) is 13.2 Å². The van der Waals surface area contributed by atoms with Crippen LogP contribution >= 0.6 is 0 Å². The lowest BCUT2D eigenvalue weighted by molar-refractivity contribution is 0.317. The molecule has 1 heterocycles. The highest BCUT2D eigenvalue weighted by atomic mass is 16.5. The van der Waals surface area contributed by atoms with E-state index in [-0.39, 0.29) is 0 Å². The molecule has 5 nitrogen and oxygen atoms in total. The third-order valence-corrected chi connectivity index (χ3v) is 2.50. The number of hydrogen-bond donors (Lipinski definition) is 1. The Labute approximate surface area is 107 Å². The number of benzene rings is 1. The summed E-state index contributed by atoms with van der Waals surface area (Å²) in [4.78, 5) is 0. The molecule has 0 saturated carbocycles. The molecule has 0 saturated heterocycles. The zero-order valence-electron chi connectivity index (χ0n) is 10.5. The van der Waals surface area contributed by atoms with Crippen LogP contribution in [0.2, 0.25) is 0 Å². The highest BCUT2D eigenvalue weighted by molar-refractivity contribution is 5.59. The zero-order chi connectivity index (χ0) is 12.8. The first-order valence-electron chi connectivity index (χ1n) is 6.17. The van der Waals surface area contributed by atoms with Crippen molar-refractivity contribution in [1.82, 2.24) is 15.0 Å². The topological polar surface area (TPSA) is 66.0 Å². The van der Waals surface area contributed by atoms with E-state index >= 15 is 0 Å². The van der Waals surface area contributed by atoms with E-state index in [0.717, 1.165) is 30.0 Å². The molecule has 18 heavy (non-hydrogen) atoms. The Balaban J connectivity index is 2.15. The van der Waals surface area contributed by atoms with Crippen LogP contribution < -0.4 is 10.5 Å². The maximum Gasteiger partial charge on any atom is 0.119 e. The standard InChI is InChI=1S/C13H18N4O/c1-2-8-18-12-5-3-4-11(9-12)13-10-17(7-6-14)16-15-13/h3-5,9-10H,2,6-8,14H2,1H3. The molecule has 2 rings (SSSR count). The smallest absolute Gasteiger partial charge is 0.119 e. The fourth-order valence-electron chi connectivity index (χ4n) is 1.64. The summed E-state index contributed by atoms with van der Waals surface area (Å²) in [7, 11) is 0. The van der Waals surface area contributed by atoms with E-state index in [1.54, 1.807) is 4.68 Å². The first-order chi connectivity index (χ1) is 8.83. The van der Waals surface area contributed by atoms with Crippen molar-refractivity contribution >= 4 is 0 Å². The lowest BCUT2D eigenvalue weighted by atomic mass is 10.1. The van der Waals surface area contributed by atoms with Crippen molar-refractivity contribution in [3.05, 3.63) is 30.5 Å². The second-order valence-electron chi connectivity index (χ2n) is 4.03. The van der Waals surface area contributed by atoms with Crippen molar-refractivity contribution in [2.24, 2.45) is 5.73 Å². The minimum Gasteiger partial charge on any atom is -0.494 e. The van der Waals surface area contributed by atoms with Gasteiger partial charge in [0.2, 0.25) is 0 Å². The monoisotopic (exact) mass is 246 g/mol. The molecule has 0 aliphatic carbocycles. The predicted octanol–water partition coefficient (Wildman–Crippen LogP) is 1.69. The Bertz CT molecular complexity index is 495. The maximum absolute atomic E-state index is 5.60. The van der Waals surface area contributed by atoms with Crippen molar-refractivity contribution in [1.29, 1.82) is 0 Å². The van der Waals surface area contributed by atoms with E-state index in [1.807, 2.05) is 30.5 Å². The second kappa shape index (κ2) is 6.16. The van der Waals surface area contributed by atoms with Gasteiger partial charge in [0.1, 0.15) is 11.4 Å². The molecule has 0 atom stereocenters. The number of hydrogen-bond acceptors (Lipinski definition) is 4. The largest absolute Gasteiger partial charge is 0.494 e. The Morgan fingerprint density at radius 3 is 3.06 bits per heavy atom. The Hall–Kier alpha value is -1.88. The normalized spacial score (nSPS) is 10.6. The average Bonchev–Trinajstić information content (AvgIpc) is 2.86. The second-order valence-corrected chi connectivity index (χ2v) is 4.03. The van der Waals surface area contributed by atoms with Crippen molar-refractivity contribution in [3.63, 3.8) is 0 Å². The number of nitrogens with zero attached hydrogens (tertiary/aromatic N) is 3. The van der Waals surface area contributed by atoms with Crippen LogP contribution in [0.4, 0.5) is 0 Å². The molecule has 0 spiro atoms. The molecule has 96 valence electrons. The van der Waals surface area contributed by atoms with Gasteiger partial charge in [-0.1, -0.05) is 24.3 Å². The third-order valence-electron chi connectivity index (χ3n) is 2.50. The van der Waals surface area contributed by atoms with Crippen molar-refractivity contribution in [3.8, 4) is 17.0 Å². The van der Waals surface area contributed by atoms with Gasteiger partial charge in [-0.05, 0) is 18.6 Å². The van der Waals surface area contributed by atoms with E-state index in [0.29, 0.717) is 13.1 Å². The van der Waals surface area contributed by atoms with Gasteiger partial charge in [-0.2, -0.15) is 0 Å². The van der Waals surface area contributed by atoms with Crippen molar-refractivity contribution in [2.45, 2.75) is 19.9 Å². The molecule has 2 aromatic rings. The SMILES string of the molecule is CCCOc1cccc(-c2cn(CCN)nn2)c1. The molecule has 5 heteroatoms. The summed E-state index contributed by atoms with van der Waals surface area (Å²) in [6, 6.07) is 7.88. The average molecular weight is 246 g/mol. The molecule has 1 aromatic heterocycles. The molecule has 0 radical (unpaired) electrons. The molecule has 0 bridgehead atoms. The molecule has 0 aliphatic rings. The minimum atomic E-state index is 0.558. The number of aromatic nitrogens is 3. The van der Waals surface area contributed by atoms with Crippen LogP contribution in [0.25, 0.3) is 11.3 Å². The molecule has 0 aliphatic heterocycles. The van der Waals surface area contributed by atoms with Crippen LogP contribution in [0, 0.1) is 0 Å². The molecular weight excluding hydrogens is 228 g/mol. The molecular formula is C13H18N4O. The molecule has 2 N–H and O–H groups in total. The summed E-state index contributed by atoms with van der Waals surface area (Å²) in [5.41, 5.74) is 7.32. The summed E-state index contributed by atoms with van der Waals surface area (Å²) in [5, 5.41) is 8.15. The van der Waals surface area contributed by atoms with Crippen LogP contribution in [0.3, 0.4) is 0 Å². The minimum absolute atomic E-state index is 0.558. The van der Waals surface area contributed by atoms with Gasteiger partial charge in [0.15, 0.2) is 0 Å². The summed E-state index contributed by atoms with van der Waals surface area (Å²) < 4.78 is 7.34. The van der Waals surface area contributed by atoms with E-state index in [2.05, 4.69) is 17.2 Å². The fourth-order valence-corrected chi connectivity index (χ4v) is 1.64. The number of ether oxygens (including phenoxy) is 1. The highest BCUT2D eigenvalue weighted by Crippen LogP contribution is 2.21. The molecule has 0 fully saturated rings. The summed E-state index contributed by atoms with van der Waals surface area (Å²) in [6.45, 7) is 4.05. The summed E-state index contributed by atoms with van der Waals surface area (Å²) in [6.07, 6.45) is 2.89. The van der Waals surface area contributed by atoms with Gasteiger partial charge in [-0.3, -0.25) is 4.68 Å². The van der Waals surface area contributed by atoms with E-state index < -0.39 is 0 Å². The van der Waals surface area contributed by atoms with E-state index in [9.17, 15) is 0 Å². The summed E-state index contributed by atoms with van der Waals surface area (Å²) >= 11 is 0. The summed E-state index contributed by atoms with van der Waals surface area (Å²) in [5.74, 6) is 0.864. The van der Waals surface area contributed by atoms with E-state index in [4.69, 9.17) is 10.5 Å². The fraction of sp³-hybridized carbons (Fsp3) is 0.385. The van der Waals surface area contributed by atoms with Gasteiger partial charge >= 0.3 is 0 Å². The lowest BCUT2D eigenvalue weighted by Crippen LogP contribution is -2.10. The van der Waals surface area contributed by atoms with Gasteiger partial charge in [-0.15, -0.1) is 5.10 Å². The van der Waals surface area contributed by atoms with Crippen LogP contribution in [-0.4, -0.2) is 28.1 Å². The third kappa shape index (κ3) is 3.07. The van der Waals surface area contributed by atoms with Crippen LogP contribution in [-0.2, 0) is 6.54 Å².